The highest BCUT2D eigenvalue weighted by atomic mass is 32.2. The topological polar surface area (TPSA) is 90.2 Å². The Hall–Kier alpha value is -2.19. The van der Waals surface area contributed by atoms with Crippen LogP contribution in [-0.2, 0) is 9.48 Å². The first kappa shape index (κ1) is 22.0. The lowest BCUT2D eigenvalue weighted by molar-refractivity contribution is -0.205. The number of rotatable bonds is 6. The largest absolute Gasteiger partial charge is 0.394 e. The van der Waals surface area contributed by atoms with Gasteiger partial charge in [0.25, 0.3) is 0 Å². The van der Waals surface area contributed by atoms with Crippen LogP contribution in [0.4, 0.5) is 0 Å². The van der Waals surface area contributed by atoms with E-state index < -0.39 is 41.2 Å². The first-order valence-electron chi connectivity index (χ1n) is 10.2. The molecule has 0 saturated carbocycles. The molecule has 4 rings (SSSR count). The van der Waals surface area contributed by atoms with Gasteiger partial charge in [-0.25, -0.2) is 0 Å². The summed E-state index contributed by atoms with van der Waals surface area (Å²) in [6, 6.07) is 29.8. The molecule has 0 bridgehead atoms. The molecule has 0 unspecified atom stereocenters. The molecule has 1 aliphatic heterocycles. The van der Waals surface area contributed by atoms with E-state index in [1.54, 1.807) is 0 Å². The van der Waals surface area contributed by atoms with Crippen LogP contribution < -0.4 is 0 Å². The van der Waals surface area contributed by atoms with E-state index in [-0.39, 0.29) is 0 Å². The molecule has 0 aromatic heterocycles. The summed E-state index contributed by atoms with van der Waals surface area (Å²) < 4.78 is 5.14. The molecule has 162 valence electrons. The molecule has 0 amide bonds. The molecule has 0 radical (unpaired) electrons. The normalized spacial score (nSPS) is 26.5. The van der Waals surface area contributed by atoms with Crippen molar-refractivity contribution < 1.29 is 25.2 Å². The molecule has 5 nitrogen and oxygen atoms in total. The van der Waals surface area contributed by atoms with Crippen molar-refractivity contribution in [2.75, 3.05) is 6.61 Å². The van der Waals surface area contributed by atoms with E-state index in [1.807, 2.05) is 91.0 Å². The fourth-order valence-electron chi connectivity index (χ4n) is 4.06. The Balaban J connectivity index is 1.88. The van der Waals surface area contributed by atoms with Crippen LogP contribution in [0.2, 0.25) is 0 Å². The van der Waals surface area contributed by atoms with Gasteiger partial charge in [-0.15, -0.1) is 11.8 Å². The summed E-state index contributed by atoms with van der Waals surface area (Å²) in [5.41, 5.74) is 2.05. The smallest absolute Gasteiger partial charge is 0.133 e. The van der Waals surface area contributed by atoms with E-state index in [0.29, 0.717) is 0 Å². The van der Waals surface area contributed by atoms with E-state index in [2.05, 4.69) is 0 Å². The predicted molar refractivity (Wildman–Crippen MR) is 121 cm³/mol. The van der Waals surface area contributed by atoms with Crippen molar-refractivity contribution in [1.29, 1.82) is 0 Å². The zero-order valence-corrected chi connectivity index (χ0v) is 17.7. The third-order valence-corrected chi connectivity index (χ3v) is 7.37. The monoisotopic (exact) mass is 438 g/mol. The van der Waals surface area contributed by atoms with Gasteiger partial charge in [0, 0.05) is 0 Å². The second-order valence-corrected chi connectivity index (χ2v) is 8.91. The lowest BCUT2D eigenvalue weighted by Gasteiger charge is -2.44. The van der Waals surface area contributed by atoms with Crippen molar-refractivity contribution in [3.05, 3.63) is 108 Å². The molecule has 1 aliphatic rings. The van der Waals surface area contributed by atoms with Crippen molar-refractivity contribution >= 4 is 11.8 Å². The standard InChI is InChI=1S/C25H26O5S/c26-16-20-21(27)22(28)23(29)24(30-20)31-25(17-10-4-1-5-11-17,18-12-6-2-7-13-18)19-14-8-3-9-15-19/h1-15,20-24,26-29H,16H2/t20-,21-,22+,23-,24-/m1/s1. The summed E-state index contributed by atoms with van der Waals surface area (Å²) in [6.07, 6.45) is -5.12. The molecule has 31 heavy (non-hydrogen) atoms. The predicted octanol–water partition coefficient (Wildman–Crippen LogP) is 2.51. The van der Waals surface area contributed by atoms with E-state index in [0.717, 1.165) is 16.7 Å². The highest BCUT2D eigenvalue weighted by Gasteiger charge is 2.48. The Labute approximate surface area is 186 Å². The number of aliphatic hydroxyl groups excluding tert-OH is 4. The third-order valence-electron chi connectivity index (χ3n) is 5.68. The number of ether oxygens (including phenoxy) is 1. The van der Waals surface area contributed by atoms with Crippen molar-refractivity contribution in [2.24, 2.45) is 0 Å². The Morgan fingerprint density at radius 3 is 1.45 bits per heavy atom. The highest BCUT2D eigenvalue weighted by Crippen LogP contribution is 2.52. The minimum Gasteiger partial charge on any atom is -0.394 e. The van der Waals surface area contributed by atoms with Gasteiger partial charge >= 0.3 is 0 Å². The quantitative estimate of drug-likeness (QED) is 0.442. The summed E-state index contributed by atoms with van der Waals surface area (Å²) in [5, 5.41) is 41.0. The maximum Gasteiger partial charge on any atom is 0.133 e. The van der Waals surface area contributed by atoms with Gasteiger partial charge in [-0.3, -0.25) is 0 Å². The van der Waals surface area contributed by atoms with Gasteiger partial charge < -0.3 is 25.2 Å². The van der Waals surface area contributed by atoms with Crippen molar-refractivity contribution in [1.82, 2.24) is 0 Å². The van der Waals surface area contributed by atoms with Crippen LogP contribution in [0.5, 0.6) is 0 Å². The number of aliphatic hydroxyl groups is 4. The molecule has 3 aromatic carbocycles. The second kappa shape index (κ2) is 9.53. The van der Waals surface area contributed by atoms with Gasteiger partial charge in [-0.1, -0.05) is 91.0 Å². The molecular weight excluding hydrogens is 412 g/mol. The molecular formula is C25H26O5S. The second-order valence-electron chi connectivity index (χ2n) is 7.59. The molecule has 0 spiro atoms. The zero-order chi connectivity index (χ0) is 21.8. The Morgan fingerprint density at radius 2 is 1.06 bits per heavy atom. The van der Waals surface area contributed by atoms with Crippen molar-refractivity contribution in [3.63, 3.8) is 0 Å². The maximum atomic E-state index is 10.8. The zero-order valence-electron chi connectivity index (χ0n) is 16.9. The van der Waals surface area contributed by atoms with Crippen LogP contribution in [0.25, 0.3) is 0 Å². The lowest BCUT2D eigenvalue weighted by Crippen LogP contribution is -2.58. The van der Waals surface area contributed by atoms with Gasteiger partial charge in [-0.05, 0) is 16.7 Å². The van der Waals surface area contributed by atoms with Crippen molar-refractivity contribution in [2.45, 2.75) is 34.6 Å². The Kier molecular flexibility index (Phi) is 6.77. The Bertz CT molecular complexity index is 855. The van der Waals surface area contributed by atoms with Crippen LogP contribution >= 0.6 is 11.8 Å². The first-order chi connectivity index (χ1) is 15.1. The van der Waals surface area contributed by atoms with Crippen LogP contribution in [0, 0.1) is 0 Å². The Morgan fingerprint density at radius 1 is 0.645 bits per heavy atom. The van der Waals surface area contributed by atoms with Gasteiger partial charge in [0.15, 0.2) is 0 Å². The molecule has 1 saturated heterocycles. The summed E-state index contributed by atoms with van der Waals surface area (Å²) >= 11 is 1.35. The van der Waals surface area contributed by atoms with Gasteiger partial charge in [0.1, 0.15) is 29.9 Å². The van der Waals surface area contributed by atoms with E-state index in [1.165, 1.54) is 11.8 Å². The maximum absolute atomic E-state index is 10.8. The lowest BCUT2D eigenvalue weighted by atomic mass is 9.84. The molecule has 5 atom stereocenters. The van der Waals surface area contributed by atoms with Crippen LogP contribution in [-0.4, -0.2) is 56.9 Å². The average molecular weight is 439 g/mol. The average Bonchev–Trinajstić information content (AvgIpc) is 2.84. The molecule has 1 fully saturated rings. The SMILES string of the molecule is OC[C@H]1O[C@H](SC(c2ccccc2)(c2ccccc2)c2ccccc2)[C@H](O)[C@@H](O)[C@@H]1O. The fourth-order valence-corrected chi connectivity index (χ4v) is 5.73. The third kappa shape index (κ3) is 4.15. The number of thioether (sulfide) groups is 1. The van der Waals surface area contributed by atoms with Gasteiger partial charge in [0.05, 0.1) is 11.4 Å². The highest BCUT2D eigenvalue weighted by molar-refractivity contribution is 8.01. The van der Waals surface area contributed by atoms with E-state index >= 15 is 0 Å². The molecule has 4 N–H and O–H groups in total. The fraction of sp³-hybridized carbons (Fsp3) is 0.280. The van der Waals surface area contributed by atoms with E-state index in [9.17, 15) is 20.4 Å². The number of benzene rings is 3. The van der Waals surface area contributed by atoms with Crippen LogP contribution in [0.3, 0.4) is 0 Å². The summed E-state index contributed by atoms with van der Waals surface area (Å²) in [7, 11) is 0. The summed E-state index contributed by atoms with van der Waals surface area (Å²) in [5.74, 6) is 0. The van der Waals surface area contributed by atoms with E-state index in [4.69, 9.17) is 4.74 Å². The first-order valence-corrected chi connectivity index (χ1v) is 11.1. The molecule has 3 aromatic rings. The number of hydrogen-bond acceptors (Lipinski definition) is 6. The summed E-state index contributed by atoms with van der Waals surface area (Å²) in [4.78, 5) is 0. The summed E-state index contributed by atoms with van der Waals surface area (Å²) in [6.45, 7) is -0.461. The minimum absolute atomic E-state index is 0.461. The van der Waals surface area contributed by atoms with Crippen LogP contribution in [0.1, 0.15) is 16.7 Å². The molecule has 6 heteroatoms. The molecule has 0 aliphatic carbocycles. The van der Waals surface area contributed by atoms with Gasteiger partial charge in [0.2, 0.25) is 0 Å². The number of hydrogen-bond donors (Lipinski definition) is 4. The van der Waals surface area contributed by atoms with Crippen molar-refractivity contribution in [3.8, 4) is 0 Å². The minimum atomic E-state index is -1.43. The van der Waals surface area contributed by atoms with Crippen LogP contribution in [0.15, 0.2) is 91.0 Å². The molecule has 1 heterocycles. The van der Waals surface area contributed by atoms with Gasteiger partial charge in [-0.2, -0.15) is 0 Å².